The predicted molar refractivity (Wildman–Crippen MR) is 45.3 cm³/mol. The predicted octanol–water partition coefficient (Wildman–Crippen LogP) is 0.774. The third kappa shape index (κ3) is 2.12. The van der Waals surface area contributed by atoms with Crippen molar-refractivity contribution in [2.24, 2.45) is 17.8 Å². The van der Waals surface area contributed by atoms with Gasteiger partial charge in [0, 0.05) is 6.04 Å². The molecule has 2 saturated carbocycles. The van der Waals surface area contributed by atoms with E-state index < -0.39 is 30.0 Å². The van der Waals surface area contributed by atoms with Crippen molar-refractivity contribution in [2.45, 2.75) is 25.1 Å². The van der Waals surface area contributed by atoms with Crippen molar-refractivity contribution >= 4 is 11.9 Å². The number of hydrogen-bond donors (Lipinski definition) is 2. The molecule has 2 N–H and O–H groups in total. The Labute approximate surface area is 88.8 Å². The molecule has 0 heterocycles. The minimum absolute atomic E-state index is 0.0592. The zero-order valence-electron chi connectivity index (χ0n) is 8.12. The standard InChI is InChI=1S/C9H10F3NO3/c10-9(11,12)8(16)13-6-2-4(6)3-1-5(3)7(14)15/h3-6H,1-2H2,(H,13,16)(H,14,15). The van der Waals surface area contributed by atoms with Crippen molar-refractivity contribution in [1.82, 2.24) is 5.32 Å². The number of alkyl halides is 3. The second-order valence-corrected chi connectivity index (χ2v) is 4.32. The molecule has 0 saturated heterocycles. The van der Waals surface area contributed by atoms with Crippen LogP contribution >= 0.6 is 0 Å². The third-order valence-electron chi connectivity index (χ3n) is 3.12. The van der Waals surface area contributed by atoms with Crippen LogP contribution in [-0.2, 0) is 9.59 Å². The highest BCUT2D eigenvalue weighted by Gasteiger charge is 2.57. The fraction of sp³-hybridized carbons (Fsp3) is 0.778. The third-order valence-corrected chi connectivity index (χ3v) is 3.12. The van der Waals surface area contributed by atoms with E-state index in [2.05, 4.69) is 0 Å². The molecule has 2 aliphatic carbocycles. The molecular formula is C9H10F3NO3. The van der Waals surface area contributed by atoms with Gasteiger partial charge in [0.1, 0.15) is 0 Å². The van der Waals surface area contributed by atoms with Crippen LogP contribution < -0.4 is 5.32 Å². The molecule has 0 aromatic carbocycles. The molecule has 90 valence electrons. The first-order valence-corrected chi connectivity index (χ1v) is 4.91. The van der Waals surface area contributed by atoms with Gasteiger partial charge in [-0.1, -0.05) is 0 Å². The van der Waals surface area contributed by atoms with Crippen LogP contribution in [0.2, 0.25) is 0 Å². The zero-order chi connectivity index (χ0) is 12.1. The average Bonchev–Trinajstić information content (AvgIpc) is 2.93. The van der Waals surface area contributed by atoms with Crippen LogP contribution in [0.5, 0.6) is 0 Å². The number of halogens is 3. The van der Waals surface area contributed by atoms with E-state index in [0.29, 0.717) is 12.8 Å². The Morgan fingerprint density at radius 2 is 1.81 bits per heavy atom. The minimum Gasteiger partial charge on any atom is -0.481 e. The van der Waals surface area contributed by atoms with Crippen LogP contribution in [0.25, 0.3) is 0 Å². The molecular weight excluding hydrogens is 227 g/mol. The zero-order valence-corrected chi connectivity index (χ0v) is 8.12. The normalized spacial score (nSPS) is 36.7. The molecule has 1 amide bonds. The minimum atomic E-state index is -4.86. The second-order valence-electron chi connectivity index (χ2n) is 4.32. The Morgan fingerprint density at radius 1 is 1.19 bits per heavy atom. The van der Waals surface area contributed by atoms with Gasteiger partial charge >= 0.3 is 18.1 Å². The summed E-state index contributed by atoms with van der Waals surface area (Å²) in [6, 6.07) is -0.497. The van der Waals surface area contributed by atoms with Crippen LogP contribution in [0.3, 0.4) is 0 Å². The molecule has 2 aliphatic rings. The average molecular weight is 237 g/mol. The first-order chi connectivity index (χ1) is 7.30. The van der Waals surface area contributed by atoms with E-state index in [9.17, 15) is 22.8 Å². The molecule has 2 fully saturated rings. The molecule has 2 rings (SSSR count). The van der Waals surface area contributed by atoms with Gasteiger partial charge in [-0.15, -0.1) is 0 Å². The maximum atomic E-state index is 11.9. The molecule has 7 heteroatoms. The molecule has 0 aromatic heterocycles. The Hall–Kier alpha value is -1.27. The number of aliphatic carboxylic acids is 1. The smallest absolute Gasteiger partial charge is 0.471 e. The highest BCUT2D eigenvalue weighted by molar-refractivity contribution is 5.82. The van der Waals surface area contributed by atoms with E-state index in [1.165, 1.54) is 0 Å². The summed E-state index contributed by atoms with van der Waals surface area (Å²) in [4.78, 5) is 21.1. The van der Waals surface area contributed by atoms with E-state index in [1.807, 2.05) is 5.32 Å². The van der Waals surface area contributed by atoms with Gasteiger partial charge in [0.15, 0.2) is 0 Å². The van der Waals surface area contributed by atoms with Gasteiger partial charge in [0.25, 0.3) is 0 Å². The maximum Gasteiger partial charge on any atom is 0.471 e. The summed E-state index contributed by atoms with van der Waals surface area (Å²) in [6.07, 6.45) is -3.89. The molecule has 4 atom stereocenters. The molecule has 0 bridgehead atoms. The molecule has 4 nitrogen and oxygen atoms in total. The lowest BCUT2D eigenvalue weighted by Gasteiger charge is -2.06. The number of rotatable bonds is 3. The Morgan fingerprint density at radius 3 is 2.25 bits per heavy atom. The van der Waals surface area contributed by atoms with Crippen LogP contribution in [-0.4, -0.2) is 29.2 Å². The van der Waals surface area contributed by atoms with Crippen molar-refractivity contribution in [2.75, 3.05) is 0 Å². The van der Waals surface area contributed by atoms with Crippen LogP contribution in [0.1, 0.15) is 12.8 Å². The maximum absolute atomic E-state index is 11.9. The first kappa shape index (κ1) is 11.2. The van der Waals surface area contributed by atoms with Gasteiger partial charge < -0.3 is 10.4 Å². The number of carboxylic acid groups (broad SMARTS) is 1. The van der Waals surface area contributed by atoms with Gasteiger partial charge in [-0.25, -0.2) is 0 Å². The molecule has 0 spiro atoms. The number of carboxylic acids is 1. The summed E-state index contributed by atoms with van der Waals surface area (Å²) in [5, 5.41) is 10.5. The molecule has 0 aliphatic heterocycles. The monoisotopic (exact) mass is 237 g/mol. The largest absolute Gasteiger partial charge is 0.481 e. The Bertz CT molecular complexity index is 341. The van der Waals surface area contributed by atoms with E-state index in [0.717, 1.165) is 0 Å². The van der Waals surface area contributed by atoms with Crippen molar-refractivity contribution in [3.8, 4) is 0 Å². The summed E-state index contributed by atoms with van der Waals surface area (Å²) in [5.41, 5.74) is 0. The van der Waals surface area contributed by atoms with Crippen molar-refractivity contribution < 1.29 is 27.9 Å². The highest BCUT2D eigenvalue weighted by Crippen LogP contribution is 2.54. The number of hydrogen-bond acceptors (Lipinski definition) is 2. The Kier molecular flexibility index (Phi) is 2.36. The quantitative estimate of drug-likeness (QED) is 0.762. The van der Waals surface area contributed by atoms with Crippen molar-refractivity contribution in [1.29, 1.82) is 0 Å². The van der Waals surface area contributed by atoms with E-state index >= 15 is 0 Å². The SMILES string of the molecule is O=C(O)C1CC1C1CC1NC(=O)C(F)(F)F. The van der Waals surface area contributed by atoms with Crippen molar-refractivity contribution in [3.63, 3.8) is 0 Å². The summed E-state index contributed by atoms with van der Waals surface area (Å²) in [7, 11) is 0. The lowest BCUT2D eigenvalue weighted by Crippen LogP contribution is -2.38. The fourth-order valence-corrected chi connectivity index (χ4v) is 2.08. The fourth-order valence-electron chi connectivity index (χ4n) is 2.08. The number of nitrogens with one attached hydrogen (secondary N) is 1. The van der Waals surface area contributed by atoms with Crippen LogP contribution in [0.4, 0.5) is 13.2 Å². The van der Waals surface area contributed by atoms with Gasteiger partial charge in [-0.05, 0) is 24.7 Å². The summed E-state index contributed by atoms with van der Waals surface area (Å²) in [5.74, 6) is -3.42. The van der Waals surface area contributed by atoms with Gasteiger partial charge in [-0.3, -0.25) is 9.59 Å². The summed E-state index contributed by atoms with van der Waals surface area (Å²) >= 11 is 0. The van der Waals surface area contributed by atoms with Crippen LogP contribution in [0.15, 0.2) is 0 Å². The highest BCUT2D eigenvalue weighted by atomic mass is 19.4. The summed E-state index contributed by atoms with van der Waals surface area (Å²) < 4.78 is 35.6. The van der Waals surface area contributed by atoms with E-state index in [-0.39, 0.29) is 11.8 Å². The topological polar surface area (TPSA) is 66.4 Å². The first-order valence-electron chi connectivity index (χ1n) is 4.91. The molecule has 4 unspecified atom stereocenters. The van der Waals surface area contributed by atoms with Gasteiger partial charge in [0.2, 0.25) is 0 Å². The molecule has 0 aromatic rings. The Balaban J connectivity index is 1.77. The number of amides is 1. The van der Waals surface area contributed by atoms with Gasteiger partial charge in [-0.2, -0.15) is 13.2 Å². The summed E-state index contributed by atoms with van der Waals surface area (Å²) in [6.45, 7) is 0. The molecule has 0 radical (unpaired) electrons. The van der Waals surface area contributed by atoms with E-state index in [1.54, 1.807) is 0 Å². The van der Waals surface area contributed by atoms with Crippen LogP contribution in [0, 0.1) is 17.8 Å². The van der Waals surface area contributed by atoms with Gasteiger partial charge in [0.05, 0.1) is 5.92 Å². The number of carbonyl (C=O) groups excluding carboxylic acids is 1. The lowest BCUT2D eigenvalue weighted by molar-refractivity contribution is -0.173. The molecule has 16 heavy (non-hydrogen) atoms. The number of carbonyl (C=O) groups is 2. The second kappa shape index (κ2) is 3.36. The van der Waals surface area contributed by atoms with E-state index in [4.69, 9.17) is 5.11 Å². The van der Waals surface area contributed by atoms with Crippen molar-refractivity contribution in [3.05, 3.63) is 0 Å². The lowest BCUT2D eigenvalue weighted by atomic mass is 10.2.